The van der Waals surface area contributed by atoms with Crippen molar-refractivity contribution in [3.8, 4) is 0 Å². The summed E-state index contributed by atoms with van der Waals surface area (Å²) in [5.41, 5.74) is 2.15. The van der Waals surface area contributed by atoms with Crippen LogP contribution >= 0.6 is 11.8 Å². The highest BCUT2D eigenvalue weighted by molar-refractivity contribution is 7.98. The van der Waals surface area contributed by atoms with E-state index in [1.54, 1.807) is 0 Å². The van der Waals surface area contributed by atoms with E-state index in [4.69, 9.17) is 0 Å². The van der Waals surface area contributed by atoms with Crippen molar-refractivity contribution in [3.63, 3.8) is 0 Å². The van der Waals surface area contributed by atoms with E-state index in [1.165, 1.54) is 0 Å². The van der Waals surface area contributed by atoms with E-state index in [0.717, 1.165) is 35.3 Å². The first-order valence-corrected chi connectivity index (χ1v) is 6.91. The Balaban J connectivity index is 2.65. The molecule has 4 heteroatoms. The van der Waals surface area contributed by atoms with E-state index in [9.17, 15) is 0 Å². The second kappa shape index (κ2) is 6.86. The maximum atomic E-state index is 4.55. The topological polar surface area (TPSA) is 37.8 Å². The molecule has 1 aromatic heterocycles. The molecule has 1 rings (SSSR count). The number of aromatic nitrogens is 2. The van der Waals surface area contributed by atoms with Crippen LogP contribution < -0.4 is 5.32 Å². The van der Waals surface area contributed by atoms with Crippen LogP contribution in [-0.2, 0) is 12.3 Å². The quantitative estimate of drug-likeness (QED) is 0.828. The molecule has 0 amide bonds. The van der Waals surface area contributed by atoms with Crippen molar-refractivity contribution >= 4 is 11.8 Å². The Labute approximate surface area is 102 Å². The number of rotatable bonds is 6. The Hall–Kier alpha value is -0.610. The highest BCUT2D eigenvalue weighted by Crippen LogP contribution is 2.09. The van der Waals surface area contributed by atoms with Gasteiger partial charge in [-0.3, -0.25) is 0 Å². The predicted molar refractivity (Wildman–Crippen MR) is 70.6 cm³/mol. The smallest absolute Gasteiger partial charge is 0.138 e. The molecule has 1 heterocycles. The summed E-state index contributed by atoms with van der Waals surface area (Å²) in [7, 11) is 0. The predicted octanol–water partition coefficient (Wildman–Crippen LogP) is 2.54. The van der Waals surface area contributed by atoms with E-state index >= 15 is 0 Å². The van der Waals surface area contributed by atoms with Crippen molar-refractivity contribution in [1.29, 1.82) is 0 Å². The lowest BCUT2D eigenvalue weighted by atomic mass is 10.3. The minimum atomic E-state index is 0.490. The van der Waals surface area contributed by atoms with Gasteiger partial charge in [-0.15, -0.1) is 0 Å². The van der Waals surface area contributed by atoms with E-state index in [0.29, 0.717) is 6.04 Å². The van der Waals surface area contributed by atoms with Gasteiger partial charge in [-0.05, 0) is 18.7 Å². The number of hydrogen-bond donors (Lipinski definition) is 1. The van der Waals surface area contributed by atoms with Gasteiger partial charge in [0.15, 0.2) is 0 Å². The molecule has 1 aromatic rings. The molecule has 0 aliphatic heterocycles. The zero-order valence-electron chi connectivity index (χ0n) is 10.6. The fourth-order valence-corrected chi connectivity index (χ4v) is 1.87. The lowest BCUT2D eigenvalue weighted by Gasteiger charge is -2.09. The molecule has 1 N–H and O–H groups in total. The first-order valence-electron chi connectivity index (χ1n) is 5.76. The first-order chi connectivity index (χ1) is 7.61. The van der Waals surface area contributed by atoms with Crippen LogP contribution in [0, 0.1) is 6.92 Å². The molecule has 0 aliphatic rings. The number of aryl methyl sites for hydroxylation is 1. The molecule has 0 radical (unpaired) electrons. The summed E-state index contributed by atoms with van der Waals surface area (Å²) in [6, 6.07) is 2.54. The number of nitrogens with zero attached hydrogens (tertiary/aromatic N) is 2. The minimum Gasteiger partial charge on any atom is -0.309 e. The largest absolute Gasteiger partial charge is 0.309 e. The SMILES string of the molecule is CCSCc1nc(C)cc(CNC(C)C)n1. The zero-order valence-corrected chi connectivity index (χ0v) is 11.4. The molecule has 0 saturated heterocycles. The fourth-order valence-electron chi connectivity index (χ4n) is 1.36. The summed E-state index contributed by atoms with van der Waals surface area (Å²) in [4.78, 5) is 8.99. The van der Waals surface area contributed by atoms with Crippen LogP contribution in [0.2, 0.25) is 0 Å². The van der Waals surface area contributed by atoms with Crippen LogP contribution in [0.4, 0.5) is 0 Å². The van der Waals surface area contributed by atoms with Gasteiger partial charge in [0.05, 0.1) is 11.4 Å². The molecule has 90 valence electrons. The molecular formula is C12H21N3S. The van der Waals surface area contributed by atoms with Crippen molar-refractivity contribution in [2.75, 3.05) is 5.75 Å². The van der Waals surface area contributed by atoms with Gasteiger partial charge in [-0.25, -0.2) is 9.97 Å². The summed E-state index contributed by atoms with van der Waals surface area (Å²) in [5, 5.41) is 3.38. The zero-order chi connectivity index (χ0) is 12.0. The lowest BCUT2D eigenvalue weighted by molar-refractivity contribution is 0.579. The Bertz CT molecular complexity index is 326. The summed E-state index contributed by atoms with van der Waals surface area (Å²) in [6.07, 6.45) is 0. The summed E-state index contributed by atoms with van der Waals surface area (Å²) in [6.45, 7) is 9.29. The molecule has 0 unspecified atom stereocenters. The Morgan fingerprint density at radius 1 is 1.38 bits per heavy atom. The van der Waals surface area contributed by atoms with Crippen LogP contribution in [-0.4, -0.2) is 21.8 Å². The molecule has 16 heavy (non-hydrogen) atoms. The van der Waals surface area contributed by atoms with E-state index < -0.39 is 0 Å². The molecule has 0 bridgehead atoms. The average molecular weight is 239 g/mol. The van der Waals surface area contributed by atoms with E-state index in [-0.39, 0.29) is 0 Å². The Kier molecular flexibility index (Phi) is 5.77. The summed E-state index contributed by atoms with van der Waals surface area (Å²) in [5.74, 6) is 2.97. The molecule has 3 nitrogen and oxygen atoms in total. The molecule has 0 spiro atoms. The van der Waals surface area contributed by atoms with Crippen molar-refractivity contribution in [2.45, 2.75) is 46.0 Å². The van der Waals surface area contributed by atoms with E-state index in [2.05, 4.69) is 42.1 Å². The van der Waals surface area contributed by atoms with Gasteiger partial charge >= 0.3 is 0 Å². The highest BCUT2D eigenvalue weighted by atomic mass is 32.2. The van der Waals surface area contributed by atoms with Crippen LogP contribution in [0.15, 0.2) is 6.07 Å². The van der Waals surface area contributed by atoms with Gasteiger partial charge in [0.2, 0.25) is 0 Å². The molecule has 0 aliphatic carbocycles. The summed E-state index contributed by atoms with van der Waals surface area (Å²) >= 11 is 1.86. The van der Waals surface area contributed by atoms with Crippen LogP contribution in [0.3, 0.4) is 0 Å². The number of hydrogen-bond acceptors (Lipinski definition) is 4. The maximum absolute atomic E-state index is 4.55. The highest BCUT2D eigenvalue weighted by Gasteiger charge is 2.03. The van der Waals surface area contributed by atoms with Crippen LogP contribution in [0.5, 0.6) is 0 Å². The van der Waals surface area contributed by atoms with Crippen LogP contribution in [0.25, 0.3) is 0 Å². The lowest BCUT2D eigenvalue weighted by Crippen LogP contribution is -2.22. The normalized spacial score (nSPS) is 11.1. The monoisotopic (exact) mass is 239 g/mol. The van der Waals surface area contributed by atoms with E-state index in [1.807, 2.05) is 18.7 Å². The van der Waals surface area contributed by atoms with Crippen molar-refractivity contribution < 1.29 is 0 Å². The first kappa shape index (κ1) is 13.5. The molecule has 0 saturated carbocycles. The number of nitrogens with one attached hydrogen (secondary N) is 1. The second-order valence-corrected chi connectivity index (χ2v) is 5.36. The van der Waals surface area contributed by atoms with Crippen molar-refractivity contribution in [2.24, 2.45) is 0 Å². The second-order valence-electron chi connectivity index (χ2n) is 4.09. The van der Waals surface area contributed by atoms with Crippen LogP contribution in [0.1, 0.15) is 38.0 Å². The third-order valence-electron chi connectivity index (χ3n) is 2.08. The summed E-state index contributed by atoms with van der Waals surface area (Å²) < 4.78 is 0. The van der Waals surface area contributed by atoms with Gasteiger partial charge in [0, 0.05) is 18.3 Å². The molecule has 0 aromatic carbocycles. The van der Waals surface area contributed by atoms with Gasteiger partial charge in [0.25, 0.3) is 0 Å². The van der Waals surface area contributed by atoms with Crippen molar-refractivity contribution in [1.82, 2.24) is 15.3 Å². The maximum Gasteiger partial charge on any atom is 0.138 e. The van der Waals surface area contributed by atoms with Gasteiger partial charge < -0.3 is 5.32 Å². The third kappa shape index (κ3) is 4.94. The standard InChI is InChI=1S/C12H21N3S/c1-5-16-8-12-14-10(4)6-11(15-12)7-13-9(2)3/h6,9,13H,5,7-8H2,1-4H3. The van der Waals surface area contributed by atoms with Crippen molar-refractivity contribution in [3.05, 3.63) is 23.3 Å². The van der Waals surface area contributed by atoms with Gasteiger partial charge in [-0.2, -0.15) is 11.8 Å². The third-order valence-corrected chi connectivity index (χ3v) is 2.95. The average Bonchev–Trinajstić information content (AvgIpc) is 2.23. The molecule has 0 fully saturated rings. The number of thioether (sulfide) groups is 1. The minimum absolute atomic E-state index is 0.490. The molecule has 0 atom stereocenters. The Morgan fingerprint density at radius 2 is 2.12 bits per heavy atom. The Morgan fingerprint density at radius 3 is 2.75 bits per heavy atom. The fraction of sp³-hybridized carbons (Fsp3) is 0.667. The van der Waals surface area contributed by atoms with Gasteiger partial charge in [0.1, 0.15) is 5.82 Å². The molecular weight excluding hydrogens is 218 g/mol. The van der Waals surface area contributed by atoms with Gasteiger partial charge in [-0.1, -0.05) is 20.8 Å².